The molecule has 0 radical (unpaired) electrons. The number of nitrogens with zero attached hydrogens (tertiary/aromatic N) is 3. The molecule has 7 nitrogen and oxygen atoms in total. The molecule has 2 aromatic rings. The van der Waals surface area contributed by atoms with Crippen molar-refractivity contribution in [3.8, 4) is 5.75 Å². The van der Waals surface area contributed by atoms with Gasteiger partial charge in [0, 0.05) is 51.0 Å². The van der Waals surface area contributed by atoms with Gasteiger partial charge in [0.2, 0.25) is 11.8 Å². The van der Waals surface area contributed by atoms with Gasteiger partial charge >= 0.3 is 0 Å². The van der Waals surface area contributed by atoms with Crippen LogP contribution in [0.15, 0.2) is 54.6 Å². The van der Waals surface area contributed by atoms with Crippen molar-refractivity contribution < 1.29 is 14.3 Å². The maximum Gasteiger partial charge on any atom is 0.243 e. The van der Waals surface area contributed by atoms with Crippen LogP contribution in [0.25, 0.3) is 0 Å². The average Bonchev–Trinajstić information content (AvgIpc) is 2.79. The fraction of sp³-hybridized carbons (Fsp3) is 0.417. The number of amides is 2. The highest BCUT2D eigenvalue weighted by Gasteiger charge is 2.22. The number of hydrogen-bond donors (Lipinski definition) is 1. The molecule has 1 aliphatic heterocycles. The summed E-state index contributed by atoms with van der Waals surface area (Å²) in [6.07, 6.45) is 0. The zero-order valence-electron chi connectivity index (χ0n) is 18.4. The Hall–Kier alpha value is -2.90. The van der Waals surface area contributed by atoms with Gasteiger partial charge in [-0.1, -0.05) is 36.4 Å². The van der Waals surface area contributed by atoms with Crippen LogP contribution in [-0.2, 0) is 16.1 Å². The van der Waals surface area contributed by atoms with Gasteiger partial charge in [-0.25, -0.2) is 0 Å². The minimum Gasteiger partial charge on any atom is -0.497 e. The molecule has 0 unspecified atom stereocenters. The van der Waals surface area contributed by atoms with Gasteiger partial charge in [0.1, 0.15) is 5.75 Å². The molecule has 0 saturated carbocycles. The highest BCUT2D eigenvalue weighted by atomic mass is 16.5. The second-order valence-corrected chi connectivity index (χ2v) is 7.73. The number of rotatable bonds is 9. The summed E-state index contributed by atoms with van der Waals surface area (Å²) in [4.78, 5) is 31.4. The van der Waals surface area contributed by atoms with Crippen molar-refractivity contribution in [2.45, 2.75) is 13.5 Å². The van der Waals surface area contributed by atoms with Crippen LogP contribution >= 0.6 is 0 Å². The largest absolute Gasteiger partial charge is 0.497 e. The molecule has 0 atom stereocenters. The Labute approximate surface area is 184 Å². The quantitative estimate of drug-likeness (QED) is 0.669. The second kappa shape index (κ2) is 11.5. The molecule has 1 fully saturated rings. The number of anilines is 1. The Morgan fingerprint density at radius 1 is 1.00 bits per heavy atom. The first-order chi connectivity index (χ1) is 15.1. The minimum absolute atomic E-state index is 0.0141. The summed E-state index contributed by atoms with van der Waals surface area (Å²) in [5, 5.41) is 2.84. The van der Waals surface area contributed by atoms with Crippen LogP contribution < -0.4 is 10.1 Å². The van der Waals surface area contributed by atoms with Crippen LogP contribution in [0, 0.1) is 0 Å². The first-order valence-electron chi connectivity index (χ1n) is 10.8. The van der Waals surface area contributed by atoms with Crippen LogP contribution in [0.1, 0.15) is 12.5 Å². The summed E-state index contributed by atoms with van der Waals surface area (Å²) in [6, 6.07) is 17.6. The van der Waals surface area contributed by atoms with Gasteiger partial charge in [0.25, 0.3) is 0 Å². The van der Waals surface area contributed by atoms with Gasteiger partial charge in [-0.15, -0.1) is 0 Å². The summed E-state index contributed by atoms with van der Waals surface area (Å²) >= 11 is 0. The maximum atomic E-state index is 12.8. The normalized spacial score (nSPS) is 14.8. The van der Waals surface area contributed by atoms with Crippen LogP contribution in [-0.4, -0.2) is 79.4 Å². The van der Waals surface area contributed by atoms with Gasteiger partial charge in [-0.3, -0.25) is 19.4 Å². The molecule has 1 aliphatic rings. The van der Waals surface area contributed by atoms with Crippen molar-refractivity contribution in [1.82, 2.24) is 14.7 Å². The molecular formula is C24H32N4O3. The molecule has 0 aromatic heterocycles. The highest BCUT2D eigenvalue weighted by Crippen LogP contribution is 2.16. The number of methoxy groups -OCH3 is 1. The zero-order valence-corrected chi connectivity index (χ0v) is 18.4. The van der Waals surface area contributed by atoms with E-state index >= 15 is 0 Å². The average molecular weight is 425 g/mol. The van der Waals surface area contributed by atoms with E-state index in [4.69, 9.17) is 4.74 Å². The molecule has 3 rings (SSSR count). The van der Waals surface area contributed by atoms with Gasteiger partial charge in [-0.2, -0.15) is 0 Å². The maximum absolute atomic E-state index is 12.8. The lowest BCUT2D eigenvalue weighted by Crippen LogP contribution is -2.50. The Bertz CT molecular complexity index is 851. The Kier molecular flexibility index (Phi) is 8.44. The van der Waals surface area contributed by atoms with E-state index in [9.17, 15) is 9.59 Å². The van der Waals surface area contributed by atoms with E-state index < -0.39 is 0 Å². The molecule has 0 aliphatic carbocycles. The number of ether oxygens (including phenoxy) is 1. The fourth-order valence-corrected chi connectivity index (χ4v) is 3.69. The molecule has 7 heteroatoms. The van der Waals surface area contributed by atoms with Crippen molar-refractivity contribution in [3.63, 3.8) is 0 Å². The molecule has 2 aromatic carbocycles. The topological polar surface area (TPSA) is 65.1 Å². The van der Waals surface area contributed by atoms with Crippen molar-refractivity contribution in [1.29, 1.82) is 0 Å². The lowest BCUT2D eigenvalue weighted by atomic mass is 10.2. The van der Waals surface area contributed by atoms with E-state index in [0.29, 0.717) is 24.5 Å². The summed E-state index contributed by atoms with van der Waals surface area (Å²) in [5.41, 5.74) is 1.97. The van der Waals surface area contributed by atoms with E-state index in [0.717, 1.165) is 32.7 Å². The smallest absolute Gasteiger partial charge is 0.243 e. The molecule has 1 N–H and O–H groups in total. The number of benzene rings is 2. The zero-order chi connectivity index (χ0) is 22.1. The Morgan fingerprint density at radius 2 is 1.71 bits per heavy atom. The van der Waals surface area contributed by atoms with Crippen molar-refractivity contribution >= 4 is 17.5 Å². The molecular weight excluding hydrogens is 392 g/mol. The first-order valence-corrected chi connectivity index (χ1v) is 10.8. The molecule has 1 heterocycles. The standard InChI is InChI=1S/C24H32N4O3/c1-3-28(18-23(29)25-21-10-7-11-22(16-21)31-2)24(30)19-27-14-12-26(13-15-27)17-20-8-5-4-6-9-20/h4-11,16H,3,12-15,17-19H2,1-2H3,(H,25,29). The van der Waals surface area contributed by atoms with E-state index in [1.54, 1.807) is 24.1 Å². The van der Waals surface area contributed by atoms with Gasteiger partial charge in [0.05, 0.1) is 20.2 Å². The molecule has 2 amide bonds. The lowest BCUT2D eigenvalue weighted by molar-refractivity contribution is -0.135. The first kappa shape index (κ1) is 22.8. The number of likely N-dealkylation sites (N-methyl/N-ethyl adjacent to an activating group) is 1. The number of hydrogen-bond acceptors (Lipinski definition) is 5. The van der Waals surface area contributed by atoms with Crippen molar-refractivity contribution in [2.75, 3.05) is 58.2 Å². The van der Waals surface area contributed by atoms with E-state index in [-0.39, 0.29) is 18.4 Å². The molecule has 0 spiro atoms. The number of piperazine rings is 1. The lowest BCUT2D eigenvalue weighted by Gasteiger charge is -2.35. The minimum atomic E-state index is -0.212. The van der Waals surface area contributed by atoms with Crippen LogP contribution in [0.4, 0.5) is 5.69 Å². The van der Waals surface area contributed by atoms with Crippen LogP contribution in [0.3, 0.4) is 0 Å². The Balaban J connectivity index is 1.43. The molecule has 1 saturated heterocycles. The summed E-state index contributed by atoms with van der Waals surface area (Å²) < 4.78 is 5.18. The molecule has 31 heavy (non-hydrogen) atoms. The van der Waals surface area contributed by atoms with E-state index in [1.165, 1.54) is 5.56 Å². The fourth-order valence-electron chi connectivity index (χ4n) is 3.69. The summed E-state index contributed by atoms with van der Waals surface area (Å²) in [7, 11) is 1.58. The number of carbonyl (C=O) groups is 2. The molecule has 0 bridgehead atoms. The third kappa shape index (κ3) is 7.08. The number of carbonyl (C=O) groups excluding carboxylic acids is 2. The summed E-state index contributed by atoms with van der Waals surface area (Å²) in [6.45, 7) is 7.30. The molecule has 166 valence electrons. The number of nitrogens with one attached hydrogen (secondary N) is 1. The van der Waals surface area contributed by atoms with Gasteiger partial charge in [0.15, 0.2) is 0 Å². The van der Waals surface area contributed by atoms with Crippen molar-refractivity contribution in [2.24, 2.45) is 0 Å². The van der Waals surface area contributed by atoms with Gasteiger partial charge < -0.3 is 15.0 Å². The van der Waals surface area contributed by atoms with Crippen LogP contribution in [0.2, 0.25) is 0 Å². The van der Waals surface area contributed by atoms with E-state index in [2.05, 4.69) is 39.4 Å². The Morgan fingerprint density at radius 3 is 2.39 bits per heavy atom. The second-order valence-electron chi connectivity index (χ2n) is 7.73. The third-order valence-corrected chi connectivity index (χ3v) is 5.50. The predicted molar refractivity (Wildman–Crippen MR) is 122 cm³/mol. The summed E-state index contributed by atoms with van der Waals surface area (Å²) in [5.74, 6) is 0.448. The van der Waals surface area contributed by atoms with Crippen LogP contribution in [0.5, 0.6) is 5.75 Å². The van der Waals surface area contributed by atoms with Gasteiger partial charge in [-0.05, 0) is 24.6 Å². The SMILES string of the molecule is CCN(CC(=O)Nc1cccc(OC)c1)C(=O)CN1CCN(Cc2ccccc2)CC1. The van der Waals surface area contributed by atoms with Crippen molar-refractivity contribution in [3.05, 3.63) is 60.2 Å². The third-order valence-electron chi connectivity index (χ3n) is 5.50. The van der Waals surface area contributed by atoms with E-state index in [1.807, 2.05) is 25.1 Å². The predicted octanol–water partition coefficient (Wildman–Crippen LogP) is 2.30. The highest BCUT2D eigenvalue weighted by molar-refractivity contribution is 5.94. The monoisotopic (exact) mass is 424 g/mol.